The summed E-state index contributed by atoms with van der Waals surface area (Å²) in [5, 5.41) is 0. The molecule has 1 aliphatic heterocycles. The van der Waals surface area contributed by atoms with Crippen LogP contribution in [-0.4, -0.2) is 42.6 Å². The molecule has 0 amide bonds. The Hall–Kier alpha value is -1.13. The number of anilines is 1. The minimum atomic E-state index is 0.474. The molecule has 2 rings (SSSR count). The van der Waals surface area contributed by atoms with Crippen LogP contribution < -0.4 is 10.6 Å². The third-order valence-electron chi connectivity index (χ3n) is 3.77. The summed E-state index contributed by atoms with van der Waals surface area (Å²) in [6.07, 6.45) is 1.17. The van der Waals surface area contributed by atoms with Gasteiger partial charge in [0.1, 0.15) is 4.99 Å². The van der Waals surface area contributed by atoms with E-state index in [4.69, 9.17) is 18.0 Å². The van der Waals surface area contributed by atoms with Crippen molar-refractivity contribution in [2.24, 2.45) is 5.73 Å². The molecular weight excluding hydrogens is 254 g/mol. The van der Waals surface area contributed by atoms with Gasteiger partial charge in [0.2, 0.25) is 0 Å². The lowest BCUT2D eigenvalue weighted by Crippen LogP contribution is -2.39. The van der Waals surface area contributed by atoms with Crippen LogP contribution in [0.3, 0.4) is 0 Å². The number of aryl methyl sites for hydroxylation is 1. The average molecular weight is 277 g/mol. The Balaban J connectivity index is 2.38. The Morgan fingerprint density at radius 3 is 2.79 bits per heavy atom. The van der Waals surface area contributed by atoms with E-state index in [1.807, 2.05) is 6.07 Å². The summed E-state index contributed by atoms with van der Waals surface area (Å²) in [6.45, 7) is 7.67. The van der Waals surface area contributed by atoms with Crippen LogP contribution in [0.4, 0.5) is 5.69 Å². The topological polar surface area (TPSA) is 32.5 Å². The van der Waals surface area contributed by atoms with Gasteiger partial charge < -0.3 is 15.5 Å². The van der Waals surface area contributed by atoms with Crippen LogP contribution in [0.2, 0.25) is 0 Å². The molecule has 19 heavy (non-hydrogen) atoms. The summed E-state index contributed by atoms with van der Waals surface area (Å²) in [5.74, 6) is 0. The van der Waals surface area contributed by atoms with E-state index in [1.54, 1.807) is 0 Å². The molecule has 0 aliphatic carbocycles. The highest BCUT2D eigenvalue weighted by atomic mass is 32.1. The van der Waals surface area contributed by atoms with E-state index < -0.39 is 0 Å². The van der Waals surface area contributed by atoms with Crippen molar-refractivity contribution in [1.29, 1.82) is 0 Å². The smallest absolute Gasteiger partial charge is 0.106 e. The van der Waals surface area contributed by atoms with Crippen LogP contribution in [0, 0.1) is 6.92 Å². The van der Waals surface area contributed by atoms with Gasteiger partial charge in [0.05, 0.1) is 0 Å². The number of hydrogen-bond donors (Lipinski definition) is 1. The first-order valence-corrected chi connectivity index (χ1v) is 7.25. The molecule has 1 saturated heterocycles. The van der Waals surface area contributed by atoms with E-state index in [2.05, 4.69) is 42.8 Å². The monoisotopic (exact) mass is 277 g/mol. The first kappa shape index (κ1) is 14.3. The summed E-state index contributed by atoms with van der Waals surface area (Å²) < 4.78 is 0. The molecule has 2 N–H and O–H groups in total. The van der Waals surface area contributed by atoms with Gasteiger partial charge in [0.25, 0.3) is 0 Å². The Bertz CT molecular complexity index is 472. The standard InChI is InChI=1S/C15H23N3S/c1-11-5-6-13(15(16)19)14(9-11)18-8-4-7-17(3)10-12(18)2/h5-6,9,12H,4,7-8,10H2,1-3H3,(H2,16,19). The van der Waals surface area contributed by atoms with E-state index in [0.717, 1.165) is 25.2 Å². The molecule has 0 radical (unpaired) electrons. The molecule has 1 heterocycles. The fraction of sp³-hybridized carbons (Fsp3) is 0.533. The summed E-state index contributed by atoms with van der Waals surface area (Å²) in [5.41, 5.74) is 9.31. The van der Waals surface area contributed by atoms with Crippen LogP contribution in [0.1, 0.15) is 24.5 Å². The maximum Gasteiger partial charge on any atom is 0.106 e. The number of hydrogen-bond acceptors (Lipinski definition) is 3. The highest BCUT2D eigenvalue weighted by molar-refractivity contribution is 7.80. The van der Waals surface area contributed by atoms with Crippen molar-refractivity contribution in [2.75, 3.05) is 31.6 Å². The second-order valence-electron chi connectivity index (χ2n) is 5.54. The molecule has 3 nitrogen and oxygen atoms in total. The van der Waals surface area contributed by atoms with Gasteiger partial charge in [-0.3, -0.25) is 0 Å². The molecule has 0 spiro atoms. The van der Waals surface area contributed by atoms with Gasteiger partial charge in [-0.05, 0) is 51.6 Å². The third kappa shape index (κ3) is 3.25. The molecule has 0 saturated carbocycles. The average Bonchev–Trinajstić information content (AvgIpc) is 2.49. The number of rotatable bonds is 2. The van der Waals surface area contributed by atoms with E-state index in [1.165, 1.54) is 17.7 Å². The van der Waals surface area contributed by atoms with E-state index >= 15 is 0 Å². The minimum absolute atomic E-state index is 0.474. The predicted octanol–water partition coefficient (Wildman–Crippen LogP) is 2.16. The molecule has 1 aromatic rings. The number of nitrogens with zero attached hydrogens (tertiary/aromatic N) is 2. The van der Waals surface area contributed by atoms with Crippen LogP contribution in [-0.2, 0) is 0 Å². The molecular formula is C15H23N3S. The summed E-state index contributed by atoms with van der Waals surface area (Å²) >= 11 is 5.20. The van der Waals surface area contributed by atoms with Gasteiger partial charge in [-0.15, -0.1) is 0 Å². The zero-order chi connectivity index (χ0) is 14.0. The first-order valence-electron chi connectivity index (χ1n) is 6.84. The molecule has 0 aromatic heterocycles. The minimum Gasteiger partial charge on any atom is -0.389 e. The normalized spacial score (nSPS) is 21.2. The predicted molar refractivity (Wildman–Crippen MR) is 86.0 cm³/mol. The summed E-state index contributed by atoms with van der Waals surface area (Å²) in [4.78, 5) is 5.33. The van der Waals surface area contributed by atoms with Gasteiger partial charge in [0.15, 0.2) is 0 Å². The zero-order valence-electron chi connectivity index (χ0n) is 12.0. The number of benzene rings is 1. The van der Waals surface area contributed by atoms with Gasteiger partial charge in [0, 0.05) is 30.4 Å². The Kier molecular flexibility index (Phi) is 4.42. The fourth-order valence-corrected chi connectivity index (χ4v) is 2.99. The van der Waals surface area contributed by atoms with Crippen LogP contribution >= 0.6 is 12.2 Å². The van der Waals surface area contributed by atoms with Crippen molar-refractivity contribution < 1.29 is 0 Å². The zero-order valence-corrected chi connectivity index (χ0v) is 12.8. The largest absolute Gasteiger partial charge is 0.389 e. The van der Waals surface area contributed by atoms with Gasteiger partial charge in [-0.2, -0.15) is 0 Å². The maximum atomic E-state index is 5.88. The highest BCUT2D eigenvalue weighted by Gasteiger charge is 2.22. The number of likely N-dealkylation sites (N-methyl/N-ethyl adjacent to an activating group) is 1. The summed E-state index contributed by atoms with van der Waals surface area (Å²) in [7, 11) is 2.19. The highest BCUT2D eigenvalue weighted by Crippen LogP contribution is 2.26. The van der Waals surface area contributed by atoms with Crippen molar-refractivity contribution >= 4 is 22.9 Å². The van der Waals surface area contributed by atoms with E-state index in [9.17, 15) is 0 Å². The second-order valence-corrected chi connectivity index (χ2v) is 5.98. The maximum absolute atomic E-state index is 5.88. The van der Waals surface area contributed by atoms with Crippen molar-refractivity contribution in [3.63, 3.8) is 0 Å². The molecule has 1 aromatic carbocycles. The molecule has 1 unspecified atom stereocenters. The second kappa shape index (κ2) is 5.88. The Morgan fingerprint density at radius 2 is 2.11 bits per heavy atom. The number of nitrogens with two attached hydrogens (primary N) is 1. The van der Waals surface area contributed by atoms with Gasteiger partial charge >= 0.3 is 0 Å². The fourth-order valence-electron chi connectivity index (χ4n) is 2.82. The van der Waals surface area contributed by atoms with Crippen molar-refractivity contribution in [1.82, 2.24) is 4.90 Å². The van der Waals surface area contributed by atoms with E-state index in [0.29, 0.717) is 11.0 Å². The van der Waals surface area contributed by atoms with Crippen LogP contribution in [0.15, 0.2) is 18.2 Å². The molecule has 104 valence electrons. The lowest BCUT2D eigenvalue weighted by molar-refractivity contribution is 0.337. The molecule has 1 atom stereocenters. The summed E-state index contributed by atoms with van der Waals surface area (Å²) in [6, 6.07) is 6.81. The Morgan fingerprint density at radius 1 is 1.37 bits per heavy atom. The molecule has 1 aliphatic rings. The lowest BCUT2D eigenvalue weighted by Gasteiger charge is -2.32. The quantitative estimate of drug-likeness (QED) is 0.840. The van der Waals surface area contributed by atoms with Gasteiger partial charge in [-0.1, -0.05) is 18.3 Å². The van der Waals surface area contributed by atoms with Crippen molar-refractivity contribution in [3.8, 4) is 0 Å². The lowest BCUT2D eigenvalue weighted by atomic mass is 10.1. The SMILES string of the molecule is Cc1ccc(C(N)=S)c(N2CCCN(C)CC2C)c1. The number of thiocarbonyl (C=S) groups is 1. The molecule has 4 heteroatoms. The molecule has 1 fully saturated rings. The van der Waals surface area contributed by atoms with Crippen LogP contribution in [0.25, 0.3) is 0 Å². The van der Waals surface area contributed by atoms with Gasteiger partial charge in [-0.25, -0.2) is 0 Å². The molecule has 0 bridgehead atoms. The first-order chi connectivity index (χ1) is 8.99. The van der Waals surface area contributed by atoms with E-state index in [-0.39, 0.29) is 0 Å². The van der Waals surface area contributed by atoms with Crippen molar-refractivity contribution in [3.05, 3.63) is 29.3 Å². The van der Waals surface area contributed by atoms with Crippen LogP contribution in [0.5, 0.6) is 0 Å². The third-order valence-corrected chi connectivity index (χ3v) is 3.99. The van der Waals surface area contributed by atoms with Crippen molar-refractivity contribution in [2.45, 2.75) is 26.3 Å². The Labute approximate surface area is 121 Å².